The minimum Gasteiger partial charge on any atom is -0.387 e. The molecule has 12 heavy (non-hydrogen) atoms. The summed E-state index contributed by atoms with van der Waals surface area (Å²) in [7, 11) is 2.88. The van der Waals surface area contributed by atoms with E-state index in [-0.39, 0.29) is 6.61 Å². The first-order chi connectivity index (χ1) is 5.70. The molecule has 1 heterocycles. The zero-order chi connectivity index (χ0) is 9.14. The van der Waals surface area contributed by atoms with Crippen molar-refractivity contribution >= 4 is 0 Å². The highest BCUT2D eigenvalue weighted by molar-refractivity contribution is 4.83. The maximum Gasteiger partial charge on any atom is 0.183 e. The lowest BCUT2D eigenvalue weighted by molar-refractivity contribution is -0.262. The first kappa shape index (κ1) is 9.88. The van der Waals surface area contributed by atoms with Crippen molar-refractivity contribution < 1.29 is 24.4 Å². The average molecular weight is 178 g/mol. The first-order valence-electron chi connectivity index (χ1n) is 3.74. The van der Waals surface area contributed by atoms with Crippen molar-refractivity contribution in [3.8, 4) is 0 Å². The Bertz CT molecular complexity index is 140. The molecule has 72 valence electrons. The van der Waals surface area contributed by atoms with Gasteiger partial charge in [0, 0.05) is 14.2 Å². The molecule has 0 aromatic rings. The van der Waals surface area contributed by atoms with E-state index in [9.17, 15) is 10.2 Å². The van der Waals surface area contributed by atoms with Gasteiger partial charge in [0.1, 0.15) is 18.3 Å². The molecule has 4 atom stereocenters. The van der Waals surface area contributed by atoms with E-state index in [1.165, 1.54) is 14.2 Å². The molecule has 0 aromatic carbocycles. The summed E-state index contributed by atoms with van der Waals surface area (Å²) in [6.07, 6.45) is -3.08. The van der Waals surface area contributed by atoms with Crippen molar-refractivity contribution in [2.24, 2.45) is 0 Å². The lowest BCUT2D eigenvalue weighted by atomic mass is 10.1. The van der Waals surface area contributed by atoms with Gasteiger partial charge in [-0.2, -0.15) is 0 Å². The predicted molar refractivity (Wildman–Crippen MR) is 39.6 cm³/mol. The van der Waals surface area contributed by atoms with Gasteiger partial charge < -0.3 is 24.4 Å². The van der Waals surface area contributed by atoms with E-state index < -0.39 is 24.6 Å². The molecular formula is C7H14O5. The summed E-state index contributed by atoms with van der Waals surface area (Å²) in [5, 5.41) is 18.7. The van der Waals surface area contributed by atoms with Crippen LogP contribution in [0.1, 0.15) is 0 Å². The highest BCUT2D eigenvalue weighted by atomic mass is 16.7. The number of ether oxygens (including phenoxy) is 3. The summed E-state index contributed by atoms with van der Waals surface area (Å²) in [5.41, 5.74) is 0. The second kappa shape index (κ2) is 4.15. The molecule has 1 saturated heterocycles. The quantitative estimate of drug-likeness (QED) is 0.551. The zero-order valence-corrected chi connectivity index (χ0v) is 7.14. The van der Waals surface area contributed by atoms with E-state index in [2.05, 4.69) is 0 Å². The van der Waals surface area contributed by atoms with Crippen molar-refractivity contribution in [1.82, 2.24) is 0 Å². The second-order valence-electron chi connectivity index (χ2n) is 2.69. The number of aliphatic hydroxyl groups excluding tert-OH is 2. The number of hydrogen-bond acceptors (Lipinski definition) is 5. The summed E-state index contributed by atoms with van der Waals surface area (Å²) >= 11 is 0. The smallest absolute Gasteiger partial charge is 0.183 e. The molecule has 1 rings (SSSR count). The molecule has 0 aliphatic carbocycles. The number of hydrogen-bond donors (Lipinski definition) is 2. The van der Waals surface area contributed by atoms with E-state index >= 15 is 0 Å². The molecule has 0 spiro atoms. The molecule has 0 amide bonds. The first-order valence-corrected chi connectivity index (χ1v) is 3.74. The maximum absolute atomic E-state index is 9.51. The standard InChI is InChI=1S/C7H14O5/c1-10-4-3-12-7(9)6(11-2)5(4)8/h4-9H,3H2,1-2H3/t4-,5+,6+,7+/m1/s1. The van der Waals surface area contributed by atoms with E-state index in [0.717, 1.165) is 0 Å². The largest absolute Gasteiger partial charge is 0.387 e. The van der Waals surface area contributed by atoms with Crippen molar-refractivity contribution in [2.45, 2.75) is 24.6 Å². The predicted octanol–water partition coefficient (Wildman–Crippen LogP) is -1.27. The molecule has 1 aliphatic rings. The van der Waals surface area contributed by atoms with Crippen LogP contribution in [0.2, 0.25) is 0 Å². The molecule has 0 aromatic heterocycles. The summed E-state index contributed by atoms with van der Waals surface area (Å²) in [4.78, 5) is 0. The number of rotatable bonds is 2. The third-order valence-electron chi connectivity index (χ3n) is 2.00. The second-order valence-corrected chi connectivity index (χ2v) is 2.69. The van der Waals surface area contributed by atoms with Crippen LogP contribution in [0.25, 0.3) is 0 Å². The van der Waals surface area contributed by atoms with Crippen LogP contribution >= 0.6 is 0 Å². The molecule has 2 N–H and O–H groups in total. The van der Waals surface area contributed by atoms with Gasteiger partial charge in [-0.05, 0) is 0 Å². The average Bonchev–Trinajstić information content (AvgIpc) is 2.06. The minimum absolute atomic E-state index is 0.179. The normalized spacial score (nSPS) is 43.0. The summed E-state index contributed by atoms with van der Waals surface area (Å²) in [6, 6.07) is 0. The van der Waals surface area contributed by atoms with Gasteiger partial charge in [-0.1, -0.05) is 0 Å². The van der Waals surface area contributed by atoms with Crippen molar-refractivity contribution in [3.63, 3.8) is 0 Å². The summed E-state index contributed by atoms with van der Waals surface area (Å²) in [5.74, 6) is 0. The minimum atomic E-state index is -1.07. The molecule has 0 radical (unpaired) electrons. The summed E-state index contributed by atoms with van der Waals surface area (Å²) in [6.45, 7) is 0.179. The van der Waals surface area contributed by atoms with Crippen LogP contribution in [0, 0.1) is 0 Å². The van der Waals surface area contributed by atoms with Crippen molar-refractivity contribution in [3.05, 3.63) is 0 Å². The lowest BCUT2D eigenvalue weighted by Crippen LogP contribution is -2.54. The molecule has 0 saturated carbocycles. The van der Waals surface area contributed by atoms with E-state index in [0.29, 0.717) is 0 Å². The Morgan fingerprint density at radius 3 is 2.42 bits per heavy atom. The van der Waals surface area contributed by atoms with Crippen LogP contribution in [0.15, 0.2) is 0 Å². The van der Waals surface area contributed by atoms with Gasteiger partial charge in [0.05, 0.1) is 6.61 Å². The van der Waals surface area contributed by atoms with Crippen LogP contribution in [-0.2, 0) is 14.2 Å². The van der Waals surface area contributed by atoms with Crippen LogP contribution in [0.3, 0.4) is 0 Å². The van der Waals surface area contributed by atoms with E-state index in [1.807, 2.05) is 0 Å². The third kappa shape index (κ3) is 1.75. The maximum atomic E-state index is 9.51. The van der Waals surface area contributed by atoms with Gasteiger partial charge in [-0.15, -0.1) is 0 Å². The van der Waals surface area contributed by atoms with E-state index in [1.54, 1.807) is 0 Å². The monoisotopic (exact) mass is 178 g/mol. The highest BCUT2D eigenvalue weighted by Gasteiger charge is 2.38. The Hall–Kier alpha value is -0.200. The SMILES string of the molecule is CO[C@H]1[C@@H](O)[C@H](OC)CO[C@@H]1O. The highest BCUT2D eigenvalue weighted by Crippen LogP contribution is 2.17. The van der Waals surface area contributed by atoms with Crippen molar-refractivity contribution in [2.75, 3.05) is 20.8 Å². The van der Waals surface area contributed by atoms with Gasteiger partial charge in [-0.3, -0.25) is 0 Å². The van der Waals surface area contributed by atoms with Crippen LogP contribution < -0.4 is 0 Å². The molecule has 5 nitrogen and oxygen atoms in total. The Morgan fingerprint density at radius 1 is 1.25 bits per heavy atom. The van der Waals surface area contributed by atoms with Crippen LogP contribution in [0.5, 0.6) is 0 Å². The Morgan fingerprint density at radius 2 is 1.92 bits per heavy atom. The topological polar surface area (TPSA) is 68.2 Å². The van der Waals surface area contributed by atoms with E-state index in [4.69, 9.17) is 14.2 Å². The Balaban J connectivity index is 2.56. The van der Waals surface area contributed by atoms with Gasteiger partial charge in [0.25, 0.3) is 0 Å². The van der Waals surface area contributed by atoms with Gasteiger partial charge in [0.2, 0.25) is 0 Å². The van der Waals surface area contributed by atoms with Crippen molar-refractivity contribution in [1.29, 1.82) is 0 Å². The molecule has 1 aliphatic heterocycles. The molecule has 1 fully saturated rings. The summed E-state index contributed by atoms with van der Waals surface area (Å²) < 4.78 is 14.7. The third-order valence-corrected chi connectivity index (χ3v) is 2.00. The zero-order valence-electron chi connectivity index (χ0n) is 7.14. The van der Waals surface area contributed by atoms with Gasteiger partial charge >= 0.3 is 0 Å². The lowest BCUT2D eigenvalue weighted by Gasteiger charge is -2.36. The Kier molecular flexibility index (Phi) is 3.42. The Labute approximate surface area is 70.9 Å². The molecular weight excluding hydrogens is 164 g/mol. The number of aliphatic hydroxyl groups is 2. The molecule has 0 unspecified atom stereocenters. The number of methoxy groups -OCH3 is 2. The molecule has 0 bridgehead atoms. The van der Waals surface area contributed by atoms with Crippen LogP contribution in [-0.4, -0.2) is 55.6 Å². The van der Waals surface area contributed by atoms with Crippen LogP contribution in [0.4, 0.5) is 0 Å². The molecule has 5 heteroatoms. The fourth-order valence-electron chi connectivity index (χ4n) is 1.23. The van der Waals surface area contributed by atoms with Gasteiger partial charge in [0.15, 0.2) is 6.29 Å². The fraction of sp³-hybridized carbons (Fsp3) is 1.00. The fourth-order valence-corrected chi connectivity index (χ4v) is 1.23. The van der Waals surface area contributed by atoms with Gasteiger partial charge in [-0.25, -0.2) is 0 Å².